The van der Waals surface area contributed by atoms with Crippen LogP contribution in [0.1, 0.15) is 32.4 Å². The Labute approximate surface area is 103 Å². The van der Waals surface area contributed by atoms with Crippen LogP contribution < -0.4 is 16.0 Å². The molecule has 0 spiro atoms. The summed E-state index contributed by atoms with van der Waals surface area (Å²) in [6.07, 6.45) is 0.195. The lowest BCUT2D eigenvalue weighted by Gasteiger charge is -2.18. The van der Waals surface area contributed by atoms with Crippen molar-refractivity contribution in [3.63, 3.8) is 0 Å². The normalized spacial score (nSPS) is 12.8. The third kappa shape index (κ3) is 4.73. The number of hydrazine groups is 1. The Bertz CT molecular complexity index is 329. The molecule has 1 atom stereocenters. The van der Waals surface area contributed by atoms with Crippen LogP contribution in [0.2, 0.25) is 0 Å². The summed E-state index contributed by atoms with van der Waals surface area (Å²) >= 11 is 0. The molecule has 0 heterocycles. The van der Waals surface area contributed by atoms with E-state index in [1.165, 1.54) is 0 Å². The minimum atomic E-state index is -0.0159. The van der Waals surface area contributed by atoms with Crippen LogP contribution >= 0.6 is 0 Å². The lowest BCUT2D eigenvalue weighted by molar-refractivity contribution is 0.0611. The average molecular weight is 238 g/mol. The summed E-state index contributed by atoms with van der Waals surface area (Å²) in [5.41, 5.74) is 3.83. The fourth-order valence-electron chi connectivity index (χ4n) is 1.52. The molecule has 0 radical (unpaired) electrons. The standard InChI is InChI=1S/C13H22N2O2/c1-4-16-12-7-5-6-11(8-12)13(15-14)9-17-10(2)3/h5-8,10,13,15H,4,9,14H2,1-3H3. The molecule has 0 saturated carbocycles. The van der Waals surface area contributed by atoms with Gasteiger partial charge in [-0.1, -0.05) is 12.1 Å². The fourth-order valence-corrected chi connectivity index (χ4v) is 1.52. The summed E-state index contributed by atoms with van der Waals surface area (Å²) in [4.78, 5) is 0. The highest BCUT2D eigenvalue weighted by Crippen LogP contribution is 2.19. The maximum atomic E-state index is 5.57. The van der Waals surface area contributed by atoms with Gasteiger partial charge < -0.3 is 9.47 Å². The van der Waals surface area contributed by atoms with E-state index in [0.29, 0.717) is 13.2 Å². The third-order valence-corrected chi connectivity index (χ3v) is 2.37. The molecule has 0 aliphatic rings. The van der Waals surface area contributed by atoms with Gasteiger partial charge in [0.25, 0.3) is 0 Å². The van der Waals surface area contributed by atoms with Gasteiger partial charge in [-0.25, -0.2) is 0 Å². The number of rotatable bonds is 7. The van der Waals surface area contributed by atoms with E-state index in [1.54, 1.807) is 0 Å². The van der Waals surface area contributed by atoms with Crippen molar-refractivity contribution in [1.29, 1.82) is 0 Å². The minimum Gasteiger partial charge on any atom is -0.494 e. The zero-order valence-corrected chi connectivity index (χ0v) is 10.8. The van der Waals surface area contributed by atoms with E-state index in [1.807, 2.05) is 45.0 Å². The molecule has 96 valence electrons. The summed E-state index contributed by atoms with van der Waals surface area (Å²) in [6.45, 7) is 7.18. The van der Waals surface area contributed by atoms with Crippen LogP contribution in [0, 0.1) is 0 Å². The molecular formula is C13H22N2O2. The number of ether oxygens (including phenoxy) is 2. The second-order valence-electron chi connectivity index (χ2n) is 4.11. The maximum absolute atomic E-state index is 5.57. The predicted octanol–water partition coefficient (Wildman–Crippen LogP) is 2.01. The van der Waals surface area contributed by atoms with Crippen molar-refractivity contribution in [2.24, 2.45) is 5.84 Å². The predicted molar refractivity (Wildman–Crippen MR) is 68.8 cm³/mol. The average Bonchev–Trinajstić information content (AvgIpc) is 2.30. The van der Waals surface area contributed by atoms with E-state index >= 15 is 0 Å². The van der Waals surface area contributed by atoms with Crippen LogP contribution in [0.3, 0.4) is 0 Å². The van der Waals surface area contributed by atoms with Crippen molar-refractivity contribution >= 4 is 0 Å². The van der Waals surface area contributed by atoms with Crippen LogP contribution in [-0.2, 0) is 4.74 Å². The highest BCUT2D eigenvalue weighted by Gasteiger charge is 2.11. The monoisotopic (exact) mass is 238 g/mol. The number of hydrogen-bond donors (Lipinski definition) is 2. The van der Waals surface area contributed by atoms with Gasteiger partial charge in [0.15, 0.2) is 0 Å². The smallest absolute Gasteiger partial charge is 0.119 e. The molecular weight excluding hydrogens is 216 g/mol. The molecule has 0 aliphatic carbocycles. The Kier molecular flexibility index (Phi) is 5.97. The number of benzene rings is 1. The zero-order chi connectivity index (χ0) is 12.7. The van der Waals surface area contributed by atoms with Crippen LogP contribution in [0.5, 0.6) is 5.75 Å². The first-order valence-corrected chi connectivity index (χ1v) is 5.97. The van der Waals surface area contributed by atoms with Gasteiger partial charge >= 0.3 is 0 Å². The molecule has 0 amide bonds. The lowest BCUT2D eigenvalue weighted by atomic mass is 10.1. The summed E-state index contributed by atoms with van der Waals surface area (Å²) in [5, 5.41) is 0. The van der Waals surface area contributed by atoms with Crippen molar-refractivity contribution in [2.75, 3.05) is 13.2 Å². The van der Waals surface area contributed by atoms with Gasteiger partial charge in [0.2, 0.25) is 0 Å². The first-order valence-electron chi connectivity index (χ1n) is 5.97. The van der Waals surface area contributed by atoms with E-state index in [4.69, 9.17) is 15.3 Å². The Morgan fingerprint density at radius 1 is 1.35 bits per heavy atom. The highest BCUT2D eigenvalue weighted by atomic mass is 16.5. The first-order chi connectivity index (χ1) is 8.17. The molecule has 1 aromatic carbocycles. The van der Waals surface area contributed by atoms with E-state index in [2.05, 4.69) is 5.43 Å². The maximum Gasteiger partial charge on any atom is 0.119 e. The van der Waals surface area contributed by atoms with Gasteiger partial charge in [0.05, 0.1) is 25.4 Å². The Balaban J connectivity index is 2.69. The second kappa shape index (κ2) is 7.27. The topological polar surface area (TPSA) is 56.5 Å². The van der Waals surface area contributed by atoms with Crippen molar-refractivity contribution < 1.29 is 9.47 Å². The Hall–Kier alpha value is -1.10. The van der Waals surface area contributed by atoms with Crippen molar-refractivity contribution in [1.82, 2.24) is 5.43 Å². The van der Waals surface area contributed by atoms with Gasteiger partial charge in [-0.3, -0.25) is 11.3 Å². The van der Waals surface area contributed by atoms with Crippen molar-refractivity contribution in [3.8, 4) is 5.75 Å². The Morgan fingerprint density at radius 2 is 2.12 bits per heavy atom. The molecule has 0 aliphatic heterocycles. The molecule has 0 saturated heterocycles. The van der Waals surface area contributed by atoms with E-state index in [0.717, 1.165) is 11.3 Å². The third-order valence-electron chi connectivity index (χ3n) is 2.37. The largest absolute Gasteiger partial charge is 0.494 e. The molecule has 0 bridgehead atoms. The molecule has 4 heteroatoms. The molecule has 0 fully saturated rings. The molecule has 4 nitrogen and oxygen atoms in total. The van der Waals surface area contributed by atoms with E-state index in [-0.39, 0.29) is 12.1 Å². The second-order valence-corrected chi connectivity index (χ2v) is 4.11. The quantitative estimate of drug-likeness (QED) is 0.563. The number of hydrogen-bond acceptors (Lipinski definition) is 4. The highest BCUT2D eigenvalue weighted by molar-refractivity contribution is 5.30. The number of nitrogens with two attached hydrogens (primary N) is 1. The lowest BCUT2D eigenvalue weighted by Crippen LogP contribution is -2.32. The summed E-state index contributed by atoms with van der Waals surface area (Å²) in [6, 6.07) is 7.87. The van der Waals surface area contributed by atoms with Gasteiger partial charge in [-0.05, 0) is 38.5 Å². The van der Waals surface area contributed by atoms with Crippen LogP contribution in [0.15, 0.2) is 24.3 Å². The summed E-state index contributed by atoms with van der Waals surface area (Å²) in [7, 11) is 0. The van der Waals surface area contributed by atoms with Gasteiger partial charge in [-0.15, -0.1) is 0 Å². The van der Waals surface area contributed by atoms with Gasteiger partial charge in [0, 0.05) is 0 Å². The van der Waals surface area contributed by atoms with Crippen LogP contribution in [0.4, 0.5) is 0 Å². The van der Waals surface area contributed by atoms with E-state index < -0.39 is 0 Å². The summed E-state index contributed by atoms with van der Waals surface area (Å²) < 4.78 is 11.0. The fraction of sp³-hybridized carbons (Fsp3) is 0.538. The Morgan fingerprint density at radius 3 is 2.71 bits per heavy atom. The van der Waals surface area contributed by atoms with Crippen molar-refractivity contribution in [2.45, 2.75) is 32.9 Å². The number of nitrogens with one attached hydrogen (secondary N) is 1. The summed E-state index contributed by atoms with van der Waals surface area (Å²) in [5.74, 6) is 6.40. The van der Waals surface area contributed by atoms with Crippen molar-refractivity contribution in [3.05, 3.63) is 29.8 Å². The molecule has 1 rings (SSSR count). The van der Waals surface area contributed by atoms with Gasteiger partial charge in [-0.2, -0.15) is 0 Å². The SMILES string of the molecule is CCOc1cccc(C(COC(C)C)NN)c1. The minimum absolute atomic E-state index is 0.0159. The van der Waals surface area contributed by atoms with E-state index in [9.17, 15) is 0 Å². The zero-order valence-electron chi connectivity index (χ0n) is 10.8. The first kappa shape index (κ1) is 14.0. The van der Waals surface area contributed by atoms with Crippen LogP contribution in [-0.4, -0.2) is 19.3 Å². The van der Waals surface area contributed by atoms with Gasteiger partial charge in [0.1, 0.15) is 5.75 Å². The molecule has 1 aromatic rings. The van der Waals surface area contributed by atoms with Crippen LogP contribution in [0.25, 0.3) is 0 Å². The molecule has 1 unspecified atom stereocenters. The molecule has 17 heavy (non-hydrogen) atoms. The molecule has 3 N–H and O–H groups in total. The molecule has 0 aromatic heterocycles.